The van der Waals surface area contributed by atoms with Gasteiger partial charge in [0, 0.05) is 19.7 Å². The van der Waals surface area contributed by atoms with E-state index in [1.165, 1.54) is 0 Å². The fourth-order valence-electron chi connectivity index (χ4n) is 6.86. The Morgan fingerprint density at radius 2 is 1.65 bits per heavy atom. The van der Waals surface area contributed by atoms with Gasteiger partial charge < -0.3 is 19.6 Å². The Kier molecular flexibility index (Phi) is 9.03. The zero-order valence-electron chi connectivity index (χ0n) is 25.8. The monoisotopic (exact) mass is 553 g/mol. The molecule has 40 heavy (non-hydrogen) atoms. The van der Waals surface area contributed by atoms with Crippen molar-refractivity contribution in [2.75, 3.05) is 19.7 Å². The van der Waals surface area contributed by atoms with Gasteiger partial charge in [-0.05, 0) is 92.7 Å². The predicted octanol–water partition coefficient (Wildman–Crippen LogP) is 6.93. The molecule has 1 saturated carbocycles. The molecule has 1 atom stereocenters. The van der Waals surface area contributed by atoms with Crippen LogP contribution in [0.3, 0.4) is 0 Å². The lowest BCUT2D eigenvalue weighted by Gasteiger charge is -2.47. The van der Waals surface area contributed by atoms with Gasteiger partial charge in [0.1, 0.15) is 5.66 Å². The highest BCUT2D eigenvalue weighted by atomic mass is 16.5. The van der Waals surface area contributed by atoms with Gasteiger partial charge in [-0.2, -0.15) is 0 Å². The number of piperidine rings is 1. The van der Waals surface area contributed by atoms with Crippen LogP contribution in [-0.4, -0.2) is 64.1 Å². The van der Waals surface area contributed by atoms with Crippen LogP contribution < -0.4 is 0 Å². The first-order chi connectivity index (χ1) is 18.7. The third kappa shape index (κ3) is 6.72. The van der Waals surface area contributed by atoms with Crippen LogP contribution in [-0.2, 0) is 9.53 Å². The highest BCUT2D eigenvalue weighted by molar-refractivity contribution is 6.39. The van der Waals surface area contributed by atoms with Crippen molar-refractivity contribution in [1.82, 2.24) is 9.80 Å². The Bertz CT molecular complexity index is 1070. The number of hydrogen-bond donors (Lipinski definition) is 1. The van der Waals surface area contributed by atoms with E-state index >= 15 is 0 Å². The van der Waals surface area contributed by atoms with Crippen molar-refractivity contribution in [3.05, 3.63) is 35.4 Å². The summed E-state index contributed by atoms with van der Waals surface area (Å²) < 4.78 is 5.88. The van der Waals surface area contributed by atoms with Gasteiger partial charge in [0.2, 0.25) is 0 Å². The molecule has 2 heterocycles. The van der Waals surface area contributed by atoms with Crippen LogP contribution in [0.15, 0.2) is 29.3 Å². The second-order valence-corrected chi connectivity index (χ2v) is 14.4. The van der Waals surface area contributed by atoms with Crippen LogP contribution in [0.5, 0.6) is 0 Å². The molecule has 7 heteroatoms. The third-order valence-electron chi connectivity index (χ3n) is 9.35. The van der Waals surface area contributed by atoms with Crippen LogP contribution in [0.25, 0.3) is 0 Å². The first-order valence-corrected chi connectivity index (χ1v) is 15.4. The maximum atomic E-state index is 14.5. The molecule has 1 spiro atoms. The molecule has 3 aliphatic rings. The Balaban J connectivity index is 1.71. The molecule has 4 rings (SSSR count). The highest BCUT2D eigenvalue weighted by Gasteiger charge is 2.53. The minimum absolute atomic E-state index is 0.0327. The number of aliphatic imine (C=N–C) groups is 1. The topological polar surface area (TPSA) is 82.4 Å². The number of nitrogens with zero attached hydrogens (tertiary/aromatic N) is 3. The van der Waals surface area contributed by atoms with Gasteiger partial charge in [-0.15, -0.1) is 0 Å². The molecule has 1 N–H and O–H groups in total. The first kappa shape index (κ1) is 30.5. The van der Waals surface area contributed by atoms with E-state index in [4.69, 9.17) is 9.73 Å². The largest absolute Gasteiger partial charge is 0.478 e. The van der Waals surface area contributed by atoms with Crippen molar-refractivity contribution >= 4 is 17.7 Å². The normalized spacial score (nSPS) is 25.4. The average Bonchev–Trinajstić information content (AvgIpc) is 3.15. The van der Waals surface area contributed by atoms with Gasteiger partial charge in [0.25, 0.3) is 5.91 Å². The van der Waals surface area contributed by atoms with E-state index in [-0.39, 0.29) is 34.4 Å². The standard InChI is InChI=1S/C33H51N3O4/c1-8-40-26-16-21-35(22-17-26)28-29(37)36(33(34-28)19-13-25(14-20-33)32(5,6)7)27(15-18-31(2,3)4)23-9-11-24(12-10-23)30(38)39/h9-12,25-27H,8,13-22H2,1-7H3,(H,38,39)/t25?,27-,33?/m1/s1. The van der Waals surface area contributed by atoms with Crippen molar-refractivity contribution in [2.24, 2.45) is 21.7 Å². The molecule has 1 aromatic carbocycles. The Morgan fingerprint density at radius 3 is 2.15 bits per heavy atom. The van der Waals surface area contributed by atoms with Gasteiger partial charge in [-0.1, -0.05) is 53.7 Å². The number of ether oxygens (including phenoxy) is 1. The quantitative estimate of drug-likeness (QED) is 0.396. The number of carboxylic acid groups (broad SMARTS) is 1. The molecule has 0 bridgehead atoms. The summed E-state index contributed by atoms with van der Waals surface area (Å²) in [6.45, 7) is 18.0. The molecule has 1 saturated heterocycles. The molecule has 1 amide bonds. The van der Waals surface area contributed by atoms with Crippen LogP contribution in [0, 0.1) is 16.7 Å². The second kappa shape index (κ2) is 11.8. The van der Waals surface area contributed by atoms with Crippen LogP contribution in [0.1, 0.15) is 122 Å². The van der Waals surface area contributed by atoms with Crippen molar-refractivity contribution in [3.8, 4) is 0 Å². The molecular weight excluding hydrogens is 502 g/mol. The molecule has 2 fully saturated rings. The summed E-state index contributed by atoms with van der Waals surface area (Å²) in [5.41, 5.74) is 1.02. The summed E-state index contributed by atoms with van der Waals surface area (Å²) in [5, 5.41) is 9.50. The Labute approximate surface area is 241 Å². The molecular formula is C33H51N3O4. The summed E-state index contributed by atoms with van der Waals surface area (Å²) in [4.78, 5) is 35.8. The van der Waals surface area contributed by atoms with Gasteiger partial charge >= 0.3 is 5.97 Å². The zero-order chi connectivity index (χ0) is 29.3. The second-order valence-electron chi connectivity index (χ2n) is 14.4. The Hall–Kier alpha value is -2.41. The fourth-order valence-corrected chi connectivity index (χ4v) is 6.86. The summed E-state index contributed by atoms with van der Waals surface area (Å²) >= 11 is 0. The number of amides is 1. The van der Waals surface area contributed by atoms with Gasteiger partial charge in [0.05, 0.1) is 17.7 Å². The minimum Gasteiger partial charge on any atom is -0.478 e. The number of amidine groups is 1. The number of rotatable bonds is 7. The number of carbonyl (C=O) groups excluding carboxylic acids is 1. The SMILES string of the molecule is CCOC1CCN(C2=NC3(CCC(C(C)(C)C)CC3)N([C@H](CCC(C)(C)C)c3ccc(C(=O)O)cc3)C2=O)CC1. The third-order valence-corrected chi connectivity index (χ3v) is 9.35. The lowest BCUT2D eigenvalue weighted by Crippen LogP contribution is -2.52. The van der Waals surface area contributed by atoms with Gasteiger partial charge in [-0.3, -0.25) is 4.79 Å². The molecule has 222 valence electrons. The Morgan fingerprint density at radius 1 is 1.05 bits per heavy atom. The molecule has 1 aliphatic carbocycles. The van der Waals surface area contributed by atoms with Gasteiger partial charge in [-0.25, -0.2) is 9.79 Å². The molecule has 1 aromatic rings. The number of benzene rings is 1. The van der Waals surface area contributed by atoms with E-state index in [2.05, 4.69) is 51.3 Å². The van der Waals surface area contributed by atoms with E-state index in [0.29, 0.717) is 18.4 Å². The maximum absolute atomic E-state index is 14.5. The zero-order valence-corrected chi connectivity index (χ0v) is 25.8. The summed E-state index contributed by atoms with van der Waals surface area (Å²) in [7, 11) is 0. The van der Waals surface area contributed by atoms with Crippen LogP contribution in [0.4, 0.5) is 0 Å². The van der Waals surface area contributed by atoms with Crippen molar-refractivity contribution in [2.45, 2.75) is 118 Å². The van der Waals surface area contributed by atoms with Crippen LogP contribution in [0.2, 0.25) is 0 Å². The van der Waals surface area contributed by atoms with Crippen molar-refractivity contribution in [1.29, 1.82) is 0 Å². The summed E-state index contributed by atoms with van der Waals surface area (Å²) in [6.07, 6.45) is 7.61. The lowest BCUT2D eigenvalue weighted by molar-refractivity contribution is -0.134. The van der Waals surface area contributed by atoms with E-state index in [1.54, 1.807) is 12.1 Å². The maximum Gasteiger partial charge on any atom is 0.335 e. The first-order valence-electron chi connectivity index (χ1n) is 15.4. The molecule has 0 unspecified atom stereocenters. The average molecular weight is 554 g/mol. The number of hydrogen-bond acceptors (Lipinski definition) is 5. The van der Waals surface area contributed by atoms with Crippen molar-refractivity contribution < 1.29 is 19.4 Å². The van der Waals surface area contributed by atoms with E-state index in [0.717, 1.165) is 70.0 Å². The van der Waals surface area contributed by atoms with E-state index < -0.39 is 11.6 Å². The van der Waals surface area contributed by atoms with E-state index in [9.17, 15) is 14.7 Å². The molecule has 7 nitrogen and oxygen atoms in total. The number of carboxylic acids is 1. The number of carbonyl (C=O) groups is 2. The molecule has 0 aromatic heterocycles. The van der Waals surface area contributed by atoms with Crippen LogP contribution >= 0.6 is 0 Å². The van der Waals surface area contributed by atoms with Gasteiger partial charge in [0.15, 0.2) is 5.84 Å². The molecule has 2 aliphatic heterocycles. The number of aromatic carboxylic acids is 1. The number of likely N-dealkylation sites (tertiary alicyclic amines) is 1. The highest BCUT2D eigenvalue weighted by Crippen LogP contribution is 2.50. The van der Waals surface area contributed by atoms with Crippen molar-refractivity contribution in [3.63, 3.8) is 0 Å². The smallest absolute Gasteiger partial charge is 0.335 e. The summed E-state index contributed by atoms with van der Waals surface area (Å²) in [5.74, 6) is 0.310. The lowest BCUT2D eigenvalue weighted by atomic mass is 9.69. The predicted molar refractivity (Wildman–Crippen MR) is 159 cm³/mol. The minimum atomic E-state index is -0.937. The molecule has 0 radical (unpaired) electrons. The van der Waals surface area contributed by atoms with E-state index in [1.807, 2.05) is 19.1 Å². The summed E-state index contributed by atoms with van der Waals surface area (Å²) in [6, 6.07) is 6.99. The fraction of sp³-hybridized carbons (Fsp3) is 0.727.